The molecular formula is C13H19N5. The van der Waals surface area contributed by atoms with Crippen molar-refractivity contribution < 1.29 is 0 Å². The molecule has 96 valence electrons. The van der Waals surface area contributed by atoms with Crippen LogP contribution in [0.1, 0.15) is 26.0 Å². The Hall–Kier alpha value is -1.91. The van der Waals surface area contributed by atoms with Gasteiger partial charge in [-0.3, -0.25) is 9.67 Å². The summed E-state index contributed by atoms with van der Waals surface area (Å²) in [6.07, 6.45) is 7.38. The molecule has 2 heterocycles. The van der Waals surface area contributed by atoms with Gasteiger partial charge in [0.2, 0.25) is 0 Å². The standard InChI is InChI=1S/C13H19N5/c1-4-6-15-13-12(14-7-8-16-13)10-9-18(3)17-11(10)5-2/h7-9H,4-6H2,1-3H3,(H,15,16). The second-order valence-electron chi connectivity index (χ2n) is 4.20. The Balaban J connectivity index is 2.42. The molecule has 0 saturated carbocycles. The van der Waals surface area contributed by atoms with Crippen molar-refractivity contribution in [2.24, 2.45) is 7.05 Å². The van der Waals surface area contributed by atoms with E-state index in [0.717, 1.165) is 42.2 Å². The highest BCUT2D eigenvalue weighted by molar-refractivity contribution is 5.72. The summed E-state index contributed by atoms with van der Waals surface area (Å²) in [7, 11) is 1.93. The van der Waals surface area contributed by atoms with Crippen LogP contribution in [-0.4, -0.2) is 26.3 Å². The Kier molecular flexibility index (Phi) is 3.92. The number of hydrogen-bond donors (Lipinski definition) is 1. The fourth-order valence-electron chi connectivity index (χ4n) is 1.90. The molecule has 2 rings (SSSR count). The third kappa shape index (κ3) is 2.50. The van der Waals surface area contributed by atoms with Gasteiger partial charge in [-0.05, 0) is 12.8 Å². The van der Waals surface area contributed by atoms with Crippen molar-refractivity contribution >= 4 is 5.82 Å². The topological polar surface area (TPSA) is 55.6 Å². The molecule has 0 saturated heterocycles. The molecule has 0 spiro atoms. The van der Waals surface area contributed by atoms with Gasteiger partial charge in [0, 0.05) is 37.7 Å². The van der Waals surface area contributed by atoms with Crippen LogP contribution in [0.25, 0.3) is 11.3 Å². The van der Waals surface area contributed by atoms with Gasteiger partial charge in [0.15, 0.2) is 5.82 Å². The Labute approximate surface area is 107 Å². The van der Waals surface area contributed by atoms with Crippen LogP contribution in [-0.2, 0) is 13.5 Å². The summed E-state index contributed by atoms with van der Waals surface area (Å²) in [6, 6.07) is 0. The lowest BCUT2D eigenvalue weighted by atomic mass is 10.1. The maximum atomic E-state index is 4.45. The number of nitrogens with zero attached hydrogens (tertiary/aromatic N) is 4. The van der Waals surface area contributed by atoms with E-state index < -0.39 is 0 Å². The molecule has 0 fully saturated rings. The van der Waals surface area contributed by atoms with Gasteiger partial charge in [0.1, 0.15) is 5.69 Å². The van der Waals surface area contributed by atoms with Crippen molar-refractivity contribution in [2.45, 2.75) is 26.7 Å². The summed E-state index contributed by atoms with van der Waals surface area (Å²) in [5, 5.41) is 7.76. The lowest BCUT2D eigenvalue weighted by Crippen LogP contribution is -2.04. The Morgan fingerprint density at radius 2 is 2.00 bits per heavy atom. The minimum absolute atomic E-state index is 0.835. The first-order valence-electron chi connectivity index (χ1n) is 6.34. The smallest absolute Gasteiger partial charge is 0.152 e. The monoisotopic (exact) mass is 245 g/mol. The van der Waals surface area contributed by atoms with Gasteiger partial charge in [-0.25, -0.2) is 4.98 Å². The Morgan fingerprint density at radius 3 is 2.72 bits per heavy atom. The molecule has 5 heteroatoms. The van der Waals surface area contributed by atoms with Crippen LogP contribution in [0, 0.1) is 0 Å². The van der Waals surface area contributed by atoms with Gasteiger partial charge in [0.05, 0.1) is 5.69 Å². The second-order valence-corrected chi connectivity index (χ2v) is 4.20. The zero-order valence-corrected chi connectivity index (χ0v) is 11.1. The normalized spacial score (nSPS) is 10.6. The fraction of sp³-hybridized carbons (Fsp3) is 0.462. The van der Waals surface area contributed by atoms with E-state index in [1.807, 2.05) is 17.9 Å². The molecule has 0 aromatic carbocycles. The molecule has 0 radical (unpaired) electrons. The molecule has 0 bridgehead atoms. The van der Waals surface area contributed by atoms with Gasteiger partial charge < -0.3 is 5.32 Å². The molecule has 2 aromatic rings. The maximum Gasteiger partial charge on any atom is 0.152 e. The van der Waals surface area contributed by atoms with Gasteiger partial charge >= 0.3 is 0 Å². The lowest BCUT2D eigenvalue weighted by molar-refractivity contribution is 0.746. The molecule has 0 aliphatic rings. The van der Waals surface area contributed by atoms with Crippen molar-refractivity contribution in [1.29, 1.82) is 0 Å². The van der Waals surface area contributed by atoms with E-state index in [9.17, 15) is 0 Å². The minimum Gasteiger partial charge on any atom is -0.368 e. The lowest BCUT2D eigenvalue weighted by Gasteiger charge is -2.08. The van der Waals surface area contributed by atoms with Gasteiger partial charge in [-0.15, -0.1) is 0 Å². The molecule has 1 N–H and O–H groups in total. The highest BCUT2D eigenvalue weighted by Crippen LogP contribution is 2.26. The highest BCUT2D eigenvalue weighted by Gasteiger charge is 2.14. The average Bonchev–Trinajstić information content (AvgIpc) is 2.77. The number of aromatic nitrogens is 4. The number of anilines is 1. The van der Waals surface area contributed by atoms with Gasteiger partial charge in [-0.1, -0.05) is 13.8 Å². The van der Waals surface area contributed by atoms with Gasteiger partial charge in [0.25, 0.3) is 0 Å². The Morgan fingerprint density at radius 1 is 1.22 bits per heavy atom. The summed E-state index contributed by atoms with van der Waals surface area (Å²) in [6.45, 7) is 5.12. The first kappa shape index (κ1) is 12.5. The van der Waals surface area contributed by atoms with Crippen LogP contribution in [0.5, 0.6) is 0 Å². The first-order chi connectivity index (χ1) is 8.76. The third-order valence-corrected chi connectivity index (χ3v) is 2.74. The van der Waals surface area contributed by atoms with Crippen molar-refractivity contribution in [1.82, 2.24) is 19.7 Å². The highest BCUT2D eigenvalue weighted by atomic mass is 15.3. The molecule has 0 unspecified atom stereocenters. The summed E-state index contributed by atoms with van der Waals surface area (Å²) >= 11 is 0. The molecule has 0 amide bonds. The average molecular weight is 245 g/mol. The predicted molar refractivity (Wildman–Crippen MR) is 72.4 cm³/mol. The van der Waals surface area contributed by atoms with Gasteiger partial charge in [-0.2, -0.15) is 5.10 Å². The van der Waals surface area contributed by atoms with E-state index in [0.29, 0.717) is 0 Å². The maximum absolute atomic E-state index is 4.45. The van der Waals surface area contributed by atoms with E-state index >= 15 is 0 Å². The van der Waals surface area contributed by atoms with E-state index in [1.165, 1.54) is 0 Å². The van der Waals surface area contributed by atoms with Crippen LogP contribution in [0.15, 0.2) is 18.6 Å². The molecule has 0 aliphatic heterocycles. The fourth-order valence-corrected chi connectivity index (χ4v) is 1.90. The van der Waals surface area contributed by atoms with Crippen molar-refractivity contribution in [3.05, 3.63) is 24.3 Å². The predicted octanol–water partition coefficient (Wildman–Crippen LogP) is 2.26. The molecule has 0 atom stereocenters. The summed E-state index contributed by atoms with van der Waals surface area (Å²) in [4.78, 5) is 8.81. The summed E-state index contributed by atoms with van der Waals surface area (Å²) < 4.78 is 1.83. The molecule has 18 heavy (non-hydrogen) atoms. The second kappa shape index (κ2) is 5.62. The molecule has 2 aromatic heterocycles. The first-order valence-corrected chi connectivity index (χ1v) is 6.34. The zero-order valence-electron chi connectivity index (χ0n) is 11.1. The summed E-state index contributed by atoms with van der Waals surface area (Å²) in [5.74, 6) is 0.835. The zero-order chi connectivity index (χ0) is 13.0. The number of nitrogens with one attached hydrogen (secondary N) is 1. The van der Waals surface area contributed by atoms with Crippen molar-refractivity contribution in [2.75, 3.05) is 11.9 Å². The van der Waals surface area contributed by atoms with Crippen molar-refractivity contribution in [3.8, 4) is 11.3 Å². The van der Waals surface area contributed by atoms with Crippen LogP contribution in [0.4, 0.5) is 5.82 Å². The number of aryl methyl sites for hydroxylation is 2. The van der Waals surface area contributed by atoms with Crippen LogP contribution in [0.3, 0.4) is 0 Å². The van der Waals surface area contributed by atoms with Crippen LogP contribution < -0.4 is 5.32 Å². The van der Waals surface area contributed by atoms with E-state index in [-0.39, 0.29) is 0 Å². The van der Waals surface area contributed by atoms with Crippen molar-refractivity contribution in [3.63, 3.8) is 0 Å². The van der Waals surface area contributed by atoms with E-state index in [2.05, 4.69) is 34.2 Å². The van der Waals surface area contributed by atoms with Crippen LogP contribution >= 0.6 is 0 Å². The molecule has 5 nitrogen and oxygen atoms in total. The molecular weight excluding hydrogens is 226 g/mol. The largest absolute Gasteiger partial charge is 0.368 e. The summed E-state index contributed by atoms with van der Waals surface area (Å²) in [5.41, 5.74) is 3.00. The quantitative estimate of drug-likeness (QED) is 0.878. The Bertz CT molecular complexity index is 518. The minimum atomic E-state index is 0.835. The molecule has 0 aliphatic carbocycles. The third-order valence-electron chi connectivity index (χ3n) is 2.74. The van der Waals surface area contributed by atoms with E-state index in [4.69, 9.17) is 0 Å². The van der Waals surface area contributed by atoms with E-state index in [1.54, 1.807) is 12.4 Å². The SMILES string of the molecule is CCCNc1nccnc1-c1cn(C)nc1CC. The van der Waals surface area contributed by atoms with Crippen LogP contribution in [0.2, 0.25) is 0 Å². The number of hydrogen-bond acceptors (Lipinski definition) is 4. The number of rotatable bonds is 5.